The fraction of sp³-hybridized carbons (Fsp3) is 0.286. The fourth-order valence-corrected chi connectivity index (χ4v) is 4.66. The standard InChI is InChI=1S/C21H19N7O2S/c1-2-9-26-19-16(20(29)28(21(26)30)13-6-7-13)22-17(23-19)12-5-8-15-24-25-18(27(15)11-12)14-4-3-10-31-14/h3-5,8,10-11,13H,2,6-7,9H2,1H3,(H,22,23). The highest BCUT2D eigenvalue weighted by Gasteiger charge is 2.30. The Balaban J connectivity index is 1.57. The number of rotatable bonds is 5. The Labute approximate surface area is 179 Å². The lowest BCUT2D eigenvalue weighted by molar-refractivity contribution is 0.571. The number of pyridine rings is 1. The Hall–Kier alpha value is -3.53. The van der Waals surface area contributed by atoms with Crippen molar-refractivity contribution in [2.45, 2.75) is 38.8 Å². The number of thiophene rings is 1. The summed E-state index contributed by atoms with van der Waals surface area (Å²) in [5.74, 6) is 1.29. The molecule has 0 spiro atoms. The number of H-pyrrole nitrogens is 1. The minimum atomic E-state index is -0.293. The van der Waals surface area contributed by atoms with Crippen LogP contribution in [-0.2, 0) is 6.54 Å². The number of imidazole rings is 1. The maximum atomic E-state index is 13.1. The monoisotopic (exact) mass is 433 g/mol. The van der Waals surface area contributed by atoms with Gasteiger partial charge in [0.05, 0.1) is 4.88 Å². The minimum Gasteiger partial charge on any atom is -0.332 e. The summed E-state index contributed by atoms with van der Waals surface area (Å²) in [6.07, 6.45) is 4.41. The molecule has 0 radical (unpaired) electrons. The van der Waals surface area contributed by atoms with Crippen molar-refractivity contribution < 1.29 is 0 Å². The summed E-state index contributed by atoms with van der Waals surface area (Å²) >= 11 is 1.59. The molecule has 9 nitrogen and oxygen atoms in total. The van der Waals surface area contributed by atoms with Crippen LogP contribution in [-0.4, -0.2) is 33.7 Å². The summed E-state index contributed by atoms with van der Waals surface area (Å²) < 4.78 is 4.91. The first-order valence-corrected chi connectivity index (χ1v) is 11.2. The first-order valence-electron chi connectivity index (χ1n) is 10.3. The van der Waals surface area contributed by atoms with E-state index in [0.29, 0.717) is 23.5 Å². The first-order chi connectivity index (χ1) is 15.2. The van der Waals surface area contributed by atoms with Gasteiger partial charge in [-0.2, -0.15) is 0 Å². The van der Waals surface area contributed by atoms with Gasteiger partial charge in [0.2, 0.25) is 0 Å². The molecule has 10 heteroatoms. The molecular formula is C21H19N7O2S. The molecule has 6 rings (SSSR count). The molecule has 1 fully saturated rings. The van der Waals surface area contributed by atoms with Crippen molar-refractivity contribution in [3.63, 3.8) is 0 Å². The van der Waals surface area contributed by atoms with Crippen molar-refractivity contribution in [1.82, 2.24) is 33.7 Å². The lowest BCUT2D eigenvalue weighted by atomic mass is 10.2. The lowest BCUT2D eigenvalue weighted by Gasteiger charge is -2.09. The van der Waals surface area contributed by atoms with Gasteiger partial charge in [0.15, 0.2) is 17.1 Å². The van der Waals surface area contributed by atoms with Crippen LogP contribution in [0.15, 0.2) is 45.4 Å². The van der Waals surface area contributed by atoms with E-state index in [4.69, 9.17) is 0 Å². The van der Waals surface area contributed by atoms with Crippen molar-refractivity contribution in [3.05, 3.63) is 56.7 Å². The van der Waals surface area contributed by atoms with Crippen LogP contribution in [0.25, 0.3) is 38.9 Å². The van der Waals surface area contributed by atoms with E-state index in [1.165, 1.54) is 4.57 Å². The van der Waals surface area contributed by atoms with Gasteiger partial charge in [-0.1, -0.05) is 13.0 Å². The smallest absolute Gasteiger partial charge is 0.332 e. The third kappa shape index (κ3) is 2.78. The molecule has 0 unspecified atom stereocenters. The molecular weight excluding hydrogens is 414 g/mol. The molecule has 5 aromatic heterocycles. The summed E-state index contributed by atoms with van der Waals surface area (Å²) in [7, 11) is 0. The Bertz CT molecular complexity index is 1550. The number of fused-ring (bicyclic) bond motifs is 2. The number of hydrogen-bond donors (Lipinski definition) is 1. The zero-order valence-corrected chi connectivity index (χ0v) is 17.6. The summed E-state index contributed by atoms with van der Waals surface area (Å²) in [5, 5.41) is 10.6. The Morgan fingerprint density at radius 2 is 2.06 bits per heavy atom. The summed E-state index contributed by atoms with van der Waals surface area (Å²) in [6, 6.07) is 7.73. The zero-order valence-electron chi connectivity index (χ0n) is 16.8. The van der Waals surface area contributed by atoms with E-state index in [0.717, 1.165) is 41.2 Å². The van der Waals surface area contributed by atoms with Crippen LogP contribution in [0.5, 0.6) is 0 Å². The number of nitrogens with one attached hydrogen (secondary N) is 1. The molecule has 0 atom stereocenters. The van der Waals surface area contributed by atoms with E-state index >= 15 is 0 Å². The molecule has 5 heterocycles. The largest absolute Gasteiger partial charge is 0.333 e. The minimum absolute atomic E-state index is 0.000911. The molecule has 0 aromatic carbocycles. The average Bonchev–Trinajstić information content (AvgIpc) is 3.19. The number of aromatic amines is 1. The zero-order chi connectivity index (χ0) is 21.1. The van der Waals surface area contributed by atoms with Gasteiger partial charge in [-0.3, -0.25) is 18.3 Å². The molecule has 0 bridgehead atoms. The molecule has 31 heavy (non-hydrogen) atoms. The van der Waals surface area contributed by atoms with Gasteiger partial charge in [-0.15, -0.1) is 21.5 Å². The third-order valence-electron chi connectivity index (χ3n) is 5.59. The number of aryl methyl sites for hydroxylation is 1. The Kier molecular flexibility index (Phi) is 3.97. The van der Waals surface area contributed by atoms with Gasteiger partial charge < -0.3 is 4.98 Å². The van der Waals surface area contributed by atoms with Crippen LogP contribution >= 0.6 is 11.3 Å². The van der Waals surface area contributed by atoms with Gasteiger partial charge in [0.1, 0.15) is 11.3 Å². The van der Waals surface area contributed by atoms with Crippen LogP contribution in [0.3, 0.4) is 0 Å². The molecule has 0 aliphatic heterocycles. The topological polar surface area (TPSA) is 103 Å². The van der Waals surface area contributed by atoms with Crippen LogP contribution in [0.1, 0.15) is 32.2 Å². The van der Waals surface area contributed by atoms with Crippen molar-refractivity contribution in [2.24, 2.45) is 0 Å². The van der Waals surface area contributed by atoms with E-state index in [-0.39, 0.29) is 17.3 Å². The SMILES string of the molecule is CCCn1c(=O)n(C2CC2)c(=O)c2[nH]c(-c3ccc4nnc(-c5cccs5)n4c3)nc21. The molecule has 156 valence electrons. The van der Waals surface area contributed by atoms with E-state index in [9.17, 15) is 9.59 Å². The van der Waals surface area contributed by atoms with Crippen molar-refractivity contribution in [2.75, 3.05) is 0 Å². The van der Waals surface area contributed by atoms with Gasteiger partial charge in [-0.25, -0.2) is 9.78 Å². The van der Waals surface area contributed by atoms with Crippen molar-refractivity contribution in [3.8, 4) is 22.1 Å². The summed E-state index contributed by atoms with van der Waals surface area (Å²) in [6.45, 7) is 2.52. The highest BCUT2D eigenvalue weighted by atomic mass is 32.1. The van der Waals surface area contributed by atoms with Gasteiger partial charge >= 0.3 is 5.69 Å². The second kappa shape index (κ2) is 6.74. The second-order valence-electron chi connectivity index (χ2n) is 7.77. The van der Waals surface area contributed by atoms with Crippen LogP contribution in [0.4, 0.5) is 0 Å². The maximum Gasteiger partial charge on any atom is 0.333 e. The lowest BCUT2D eigenvalue weighted by Crippen LogP contribution is -2.39. The van der Waals surface area contributed by atoms with Crippen LogP contribution in [0.2, 0.25) is 0 Å². The predicted octanol–water partition coefficient (Wildman–Crippen LogP) is 3.07. The fourth-order valence-electron chi connectivity index (χ4n) is 3.96. The molecule has 0 saturated heterocycles. The second-order valence-corrected chi connectivity index (χ2v) is 8.72. The average molecular weight is 433 g/mol. The van der Waals surface area contributed by atoms with Gasteiger partial charge in [0.25, 0.3) is 5.56 Å². The predicted molar refractivity (Wildman–Crippen MR) is 118 cm³/mol. The van der Waals surface area contributed by atoms with Gasteiger partial charge in [0, 0.05) is 24.3 Å². The van der Waals surface area contributed by atoms with E-state index < -0.39 is 0 Å². The Morgan fingerprint density at radius 3 is 2.81 bits per heavy atom. The molecule has 5 aromatic rings. The molecule has 1 saturated carbocycles. The van der Waals surface area contributed by atoms with Crippen LogP contribution in [0, 0.1) is 0 Å². The van der Waals surface area contributed by atoms with E-state index in [1.807, 2.05) is 47.2 Å². The maximum absolute atomic E-state index is 13.1. The van der Waals surface area contributed by atoms with Crippen molar-refractivity contribution >= 4 is 28.1 Å². The molecule has 1 aliphatic carbocycles. The molecule has 1 N–H and O–H groups in total. The first kappa shape index (κ1) is 18.3. The van der Waals surface area contributed by atoms with Gasteiger partial charge in [-0.05, 0) is 42.8 Å². The normalized spacial score (nSPS) is 14.1. The molecule has 1 aliphatic rings. The summed E-state index contributed by atoms with van der Waals surface area (Å²) in [5.41, 5.74) is 1.73. The number of nitrogens with zero attached hydrogens (tertiary/aromatic N) is 6. The Morgan fingerprint density at radius 1 is 1.19 bits per heavy atom. The third-order valence-corrected chi connectivity index (χ3v) is 6.45. The number of aromatic nitrogens is 7. The van der Waals surface area contributed by atoms with E-state index in [2.05, 4.69) is 20.2 Å². The highest BCUT2D eigenvalue weighted by Crippen LogP contribution is 2.32. The summed E-state index contributed by atoms with van der Waals surface area (Å²) in [4.78, 5) is 34.9. The van der Waals surface area contributed by atoms with E-state index in [1.54, 1.807) is 15.9 Å². The van der Waals surface area contributed by atoms with Crippen molar-refractivity contribution in [1.29, 1.82) is 0 Å². The quantitative estimate of drug-likeness (QED) is 0.459. The number of hydrogen-bond acceptors (Lipinski definition) is 6. The highest BCUT2D eigenvalue weighted by molar-refractivity contribution is 7.13. The van der Waals surface area contributed by atoms with Crippen LogP contribution < -0.4 is 11.2 Å². The molecule has 0 amide bonds.